The summed E-state index contributed by atoms with van der Waals surface area (Å²) < 4.78 is 29.0. The lowest BCUT2D eigenvalue weighted by molar-refractivity contribution is -0.140. The molecule has 0 unspecified atom stereocenters. The predicted octanol–water partition coefficient (Wildman–Crippen LogP) is 2.73. The minimum Gasteiger partial charge on any atom is -0.435 e. The van der Waals surface area contributed by atoms with Gasteiger partial charge in [-0.15, -0.1) is 0 Å². The van der Waals surface area contributed by atoms with Gasteiger partial charge in [-0.05, 0) is 30.5 Å². The number of piperazine rings is 1. The number of hydrogen-bond acceptors (Lipinski definition) is 3. The summed E-state index contributed by atoms with van der Waals surface area (Å²) in [5.74, 6) is 0.754. The third kappa shape index (κ3) is 4.19. The highest BCUT2D eigenvalue weighted by atomic mass is 19.3. The van der Waals surface area contributed by atoms with Crippen molar-refractivity contribution in [2.24, 2.45) is 5.92 Å². The molecule has 1 aromatic carbocycles. The molecule has 0 atom stereocenters. The Morgan fingerprint density at radius 1 is 1.22 bits per heavy atom. The van der Waals surface area contributed by atoms with Crippen LogP contribution in [-0.4, -0.2) is 48.5 Å². The average Bonchev–Trinajstić information content (AvgIpc) is 2.46. The molecule has 1 heterocycles. The van der Waals surface area contributed by atoms with E-state index in [0.29, 0.717) is 12.5 Å². The van der Waals surface area contributed by atoms with Crippen LogP contribution in [-0.2, 0) is 11.3 Å². The van der Waals surface area contributed by atoms with E-state index in [0.717, 1.165) is 44.6 Å². The Labute approximate surface area is 135 Å². The Hall–Kier alpha value is -1.69. The largest absolute Gasteiger partial charge is 0.435 e. The molecule has 1 amide bonds. The summed E-state index contributed by atoms with van der Waals surface area (Å²) >= 11 is 0. The minimum atomic E-state index is -2.80. The van der Waals surface area contributed by atoms with E-state index >= 15 is 0 Å². The predicted molar refractivity (Wildman–Crippen MR) is 82.3 cm³/mol. The lowest BCUT2D eigenvalue weighted by Crippen LogP contribution is -2.50. The molecule has 4 nitrogen and oxygen atoms in total. The highest BCUT2D eigenvalue weighted by molar-refractivity contribution is 5.79. The van der Waals surface area contributed by atoms with E-state index in [1.54, 1.807) is 12.1 Å². The fourth-order valence-corrected chi connectivity index (χ4v) is 3.12. The molecule has 0 N–H and O–H groups in total. The number of benzene rings is 1. The smallest absolute Gasteiger partial charge is 0.387 e. The molecule has 2 aliphatic rings. The monoisotopic (exact) mass is 324 g/mol. The number of amides is 1. The second kappa shape index (κ2) is 7.25. The van der Waals surface area contributed by atoms with Gasteiger partial charge in [0, 0.05) is 38.6 Å². The maximum absolute atomic E-state index is 12.3. The van der Waals surface area contributed by atoms with Crippen LogP contribution in [0.25, 0.3) is 0 Å². The van der Waals surface area contributed by atoms with Crippen LogP contribution in [0.1, 0.15) is 24.8 Å². The van der Waals surface area contributed by atoms with Crippen molar-refractivity contribution in [3.8, 4) is 5.75 Å². The topological polar surface area (TPSA) is 32.8 Å². The summed E-state index contributed by atoms with van der Waals surface area (Å²) in [6.45, 7) is 1.03. The average molecular weight is 324 g/mol. The Balaban J connectivity index is 1.49. The third-order valence-electron chi connectivity index (χ3n) is 4.67. The van der Waals surface area contributed by atoms with Crippen molar-refractivity contribution in [1.29, 1.82) is 0 Å². The first-order valence-corrected chi connectivity index (χ1v) is 8.17. The van der Waals surface area contributed by atoms with Gasteiger partial charge in [-0.1, -0.05) is 18.6 Å². The van der Waals surface area contributed by atoms with Gasteiger partial charge in [0.15, 0.2) is 0 Å². The zero-order chi connectivity index (χ0) is 16.2. The molecule has 1 aromatic rings. The van der Waals surface area contributed by atoms with E-state index in [1.807, 2.05) is 11.0 Å². The molecule has 1 saturated heterocycles. The minimum absolute atomic E-state index is 0.191. The summed E-state index contributed by atoms with van der Waals surface area (Å²) in [5.41, 5.74) is 0.946. The van der Waals surface area contributed by atoms with Crippen LogP contribution in [0, 0.1) is 5.92 Å². The van der Waals surface area contributed by atoms with Crippen molar-refractivity contribution in [2.75, 3.05) is 26.2 Å². The van der Waals surface area contributed by atoms with Gasteiger partial charge in [0.1, 0.15) is 5.75 Å². The SMILES string of the molecule is O=C(C1CCC1)N1CCN(Cc2cccc(OC(F)F)c2)CC1. The van der Waals surface area contributed by atoms with E-state index in [2.05, 4.69) is 9.64 Å². The molecular weight excluding hydrogens is 302 g/mol. The molecule has 0 spiro atoms. The lowest BCUT2D eigenvalue weighted by Gasteiger charge is -2.38. The van der Waals surface area contributed by atoms with Crippen molar-refractivity contribution >= 4 is 5.91 Å². The van der Waals surface area contributed by atoms with E-state index in [4.69, 9.17) is 0 Å². The summed E-state index contributed by atoms with van der Waals surface area (Å²) in [4.78, 5) is 16.4. The van der Waals surface area contributed by atoms with E-state index in [9.17, 15) is 13.6 Å². The Kier molecular flexibility index (Phi) is 5.10. The molecule has 3 rings (SSSR count). The van der Waals surface area contributed by atoms with Crippen LogP contribution >= 0.6 is 0 Å². The third-order valence-corrected chi connectivity index (χ3v) is 4.67. The van der Waals surface area contributed by atoms with Crippen molar-refractivity contribution in [3.63, 3.8) is 0 Å². The summed E-state index contributed by atoms with van der Waals surface area (Å²) in [6.07, 6.45) is 3.25. The summed E-state index contributed by atoms with van der Waals surface area (Å²) in [7, 11) is 0. The number of rotatable bonds is 5. The number of ether oxygens (including phenoxy) is 1. The molecule has 6 heteroatoms. The van der Waals surface area contributed by atoms with Gasteiger partial charge in [-0.3, -0.25) is 9.69 Å². The number of hydrogen-bond donors (Lipinski definition) is 0. The van der Waals surface area contributed by atoms with E-state index in [1.165, 1.54) is 12.5 Å². The first kappa shape index (κ1) is 16.2. The second-order valence-electron chi connectivity index (χ2n) is 6.26. The van der Waals surface area contributed by atoms with Crippen LogP contribution in [0.2, 0.25) is 0 Å². The highest BCUT2D eigenvalue weighted by Gasteiger charge is 2.31. The van der Waals surface area contributed by atoms with Gasteiger partial charge >= 0.3 is 6.61 Å². The molecule has 0 bridgehead atoms. The van der Waals surface area contributed by atoms with Gasteiger partial charge in [-0.2, -0.15) is 8.78 Å². The van der Waals surface area contributed by atoms with Crippen LogP contribution in [0.4, 0.5) is 8.78 Å². The second-order valence-corrected chi connectivity index (χ2v) is 6.26. The molecule has 23 heavy (non-hydrogen) atoms. The number of carbonyl (C=O) groups is 1. The Bertz CT molecular complexity index is 541. The number of halogens is 2. The van der Waals surface area contributed by atoms with Crippen LogP contribution in [0.15, 0.2) is 24.3 Å². The first-order chi connectivity index (χ1) is 11.1. The van der Waals surface area contributed by atoms with E-state index < -0.39 is 6.61 Å². The zero-order valence-electron chi connectivity index (χ0n) is 13.1. The Morgan fingerprint density at radius 2 is 1.96 bits per heavy atom. The van der Waals surface area contributed by atoms with Gasteiger partial charge in [0.2, 0.25) is 5.91 Å². The molecule has 1 aliphatic heterocycles. The van der Waals surface area contributed by atoms with E-state index in [-0.39, 0.29) is 11.7 Å². The Morgan fingerprint density at radius 3 is 2.57 bits per heavy atom. The number of nitrogens with zero attached hydrogens (tertiary/aromatic N) is 2. The fourth-order valence-electron chi connectivity index (χ4n) is 3.12. The zero-order valence-corrected chi connectivity index (χ0v) is 13.1. The lowest BCUT2D eigenvalue weighted by atomic mass is 9.84. The fraction of sp³-hybridized carbons (Fsp3) is 0.588. The molecule has 1 saturated carbocycles. The molecule has 126 valence electrons. The highest BCUT2D eigenvalue weighted by Crippen LogP contribution is 2.28. The van der Waals surface area contributed by atoms with Gasteiger partial charge in [0.05, 0.1) is 0 Å². The van der Waals surface area contributed by atoms with Crippen LogP contribution in [0.3, 0.4) is 0 Å². The number of carbonyl (C=O) groups excluding carboxylic acids is 1. The molecular formula is C17H22F2N2O2. The van der Waals surface area contributed by atoms with Crippen molar-refractivity contribution < 1.29 is 18.3 Å². The molecule has 0 aromatic heterocycles. The van der Waals surface area contributed by atoms with Gasteiger partial charge in [0.25, 0.3) is 0 Å². The van der Waals surface area contributed by atoms with Crippen molar-refractivity contribution in [3.05, 3.63) is 29.8 Å². The maximum atomic E-state index is 12.3. The standard InChI is InChI=1S/C17H22F2N2O2/c18-17(19)23-15-6-1-3-13(11-15)12-20-7-9-21(10-8-20)16(22)14-4-2-5-14/h1,3,6,11,14,17H,2,4-5,7-10,12H2. The van der Waals surface area contributed by atoms with Crippen LogP contribution < -0.4 is 4.74 Å². The number of alkyl halides is 2. The van der Waals surface area contributed by atoms with Gasteiger partial charge < -0.3 is 9.64 Å². The first-order valence-electron chi connectivity index (χ1n) is 8.17. The van der Waals surface area contributed by atoms with Crippen molar-refractivity contribution in [1.82, 2.24) is 9.80 Å². The molecule has 1 aliphatic carbocycles. The maximum Gasteiger partial charge on any atom is 0.387 e. The van der Waals surface area contributed by atoms with Crippen LogP contribution in [0.5, 0.6) is 5.75 Å². The summed E-state index contributed by atoms with van der Waals surface area (Å²) in [5, 5.41) is 0. The quantitative estimate of drug-likeness (QED) is 0.835. The summed E-state index contributed by atoms with van der Waals surface area (Å²) in [6, 6.07) is 6.82. The molecule has 0 radical (unpaired) electrons. The normalized spacial score (nSPS) is 19.7. The van der Waals surface area contributed by atoms with Crippen molar-refractivity contribution in [2.45, 2.75) is 32.4 Å². The van der Waals surface area contributed by atoms with Gasteiger partial charge in [-0.25, -0.2) is 0 Å². The molecule has 2 fully saturated rings.